The van der Waals surface area contributed by atoms with Crippen LogP contribution in [0, 0.1) is 0 Å². The molecule has 0 bridgehead atoms. The molecule has 0 aliphatic rings. The zero-order chi connectivity index (χ0) is 18.2. The lowest BCUT2D eigenvalue weighted by Crippen LogP contribution is -2.28. The number of benzene rings is 1. The predicted molar refractivity (Wildman–Crippen MR) is 98.5 cm³/mol. The Morgan fingerprint density at radius 1 is 1.23 bits per heavy atom. The van der Waals surface area contributed by atoms with Gasteiger partial charge in [-0.25, -0.2) is 0 Å². The van der Waals surface area contributed by atoms with Gasteiger partial charge < -0.3 is 14.6 Å². The first-order valence-electron chi connectivity index (χ1n) is 8.09. The molecule has 2 heterocycles. The van der Waals surface area contributed by atoms with Crippen molar-refractivity contribution in [3.05, 3.63) is 59.2 Å². The molecule has 0 atom stereocenters. The first-order valence-corrected chi connectivity index (χ1v) is 8.88. The predicted octanol–water partition coefficient (Wildman–Crippen LogP) is 3.02. The van der Waals surface area contributed by atoms with E-state index in [4.69, 9.17) is 9.26 Å². The fourth-order valence-electron chi connectivity index (χ4n) is 2.20. The zero-order valence-corrected chi connectivity index (χ0v) is 15.5. The molecule has 8 heteroatoms. The molecule has 0 saturated carbocycles. The molecule has 1 aromatic carbocycles. The lowest BCUT2D eigenvalue weighted by Gasteiger charge is -2.07. The first-order chi connectivity index (χ1) is 12.7. The summed E-state index contributed by atoms with van der Waals surface area (Å²) in [6, 6.07) is 11.1. The van der Waals surface area contributed by atoms with Crippen LogP contribution in [-0.4, -0.2) is 34.2 Å². The number of aryl methyl sites for hydroxylation is 1. The molecule has 0 saturated heterocycles. The molecule has 0 spiro atoms. The van der Waals surface area contributed by atoms with Gasteiger partial charge in [0.05, 0.1) is 6.54 Å². The average Bonchev–Trinajstić information content (AvgIpc) is 3.13. The third-order valence-electron chi connectivity index (χ3n) is 3.46. The van der Waals surface area contributed by atoms with E-state index in [2.05, 4.69) is 36.4 Å². The fourth-order valence-corrected chi connectivity index (χ4v) is 2.58. The van der Waals surface area contributed by atoms with E-state index in [9.17, 15) is 4.79 Å². The van der Waals surface area contributed by atoms with Gasteiger partial charge in [0.2, 0.25) is 17.6 Å². The van der Waals surface area contributed by atoms with E-state index in [0.29, 0.717) is 31.3 Å². The van der Waals surface area contributed by atoms with Crippen LogP contribution in [0.4, 0.5) is 0 Å². The van der Waals surface area contributed by atoms with Crippen LogP contribution in [0.25, 0.3) is 11.4 Å². The minimum Gasteiger partial charge on any atom is -0.492 e. The van der Waals surface area contributed by atoms with Crippen molar-refractivity contribution < 1.29 is 14.1 Å². The Balaban J connectivity index is 1.37. The van der Waals surface area contributed by atoms with Crippen molar-refractivity contribution in [1.29, 1.82) is 0 Å². The van der Waals surface area contributed by atoms with Crippen LogP contribution in [0.15, 0.2) is 57.8 Å². The highest BCUT2D eigenvalue weighted by atomic mass is 79.9. The second-order valence-electron chi connectivity index (χ2n) is 5.40. The van der Waals surface area contributed by atoms with Crippen LogP contribution >= 0.6 is 15.9 Å². The summed E-state index contributed by atoms with van der Waals surface area (Å²) in [4.78, 5) is 20.1. The Morgan fingerprint density at radius 2 is 2.08 bits per heavy atom. The van der Waals surface area contributed by atoms with Crippen LogP contribution in [0.2, 0.25) is 0 Å². The van der Waals surface area contributed by atoms with Crippen molar-refractivity contribution in [2.75, 3.05) is 13.2 Å². The molecular formula is C18H17BrN4O3. The van der Waals surface area contributed by atoms with Crippen LogP contribution < -0.4 is 10.1 Å². The van der Waals surface area contributed by atoms with Gasteiger partial charge in [-0.15, -0.1) is 0 Å². The van der Waals surface area contributed by atoms with Crippen molar-refractivity contribution in [3.8, 4) is 17.1 Å². The summed E-state index contributed by atoms with van der Waals surface area (Å²) in [5, 5.41) is 6.71. The molecule has 3 aromatic rings. The maximum absolute atomic E-state index is 11.9. The van der Waals surface area contributed by atoms with E-state index in [1.54, 1.807) is 24.5 Å². The Morgan fingerprint density at radius 3 is 2.88 bits per heavy atom. The summed E-state index contributed by atoms with van der Waals surface area (Å²) in [6.45, 7) is 0.826. The number of rotatable bonds is 8. The van der Waals surface area contributed by atoms with Gasteiger partial charge in [-0.2, -0.15) is 4.98 Å². The maximum atomic E-state index is 11.9. The van der Waals surface area contributed by atoms with Crippen molar-refractivity contribution in [3.63, 3.8) is 0 Å². The summed E-state index contributed by atoms with van der Waals surface area (Å²) in [7, 11) is 0. The van der Waals surface area contributed by atoms with Gasteiger partial charge in [-0.1, -0.05) is 27.2 Å². The number of carbonyl (C=O) groups is 1. The Hall–Kier alpha value is -2.74. The zero-order valence-electron chi connectivity index (χ0n) is 13.9. The number of aromatic nitrogens is 3. The van der Waals surface area contributed by atoms with Crippen molar-refractivity contribution >= 4 is 21.8 Å². The van der Waals surface area contributed by atoms with E-state index in [0.717, 1.165) is 15.8 Å². The van der Waals surface area contributed by atoms with E-state index < -0.39 is 0 Å². The highest BCUT2D eigenvalue weighted by molar-refractivity contribution is 9.10. The fraction of sp³-hybridized carbons (Fsp3) is 0.222. The van der Waals surface area contributed by atoms with Gasteiger partial charge in [-0.3, -0.25) is 9.78 Å². The molecule has 7 nitrogen and oxygen atoms in total. The number of pyridine rings is 1. The lowest BCUT2D eigenvalue weighted by molar-refractivity contribution is -0.121. The molecule has 134 valence electrons. The van der Waals surface area contributed by atoms with Crippen molar-refractivity contribution in [2.45, 2.75) is 12.8 Å². The summed E-state index contributed by atoms with van der Waals surface area (Å²) in [6.07, 6.45) is 3.98. The molecule has 3 rings (SSSR count). The van der Waals surface area contributed by atoms with Gasteiger partial charge in [0.25, 0.3) is 0 Å². The molecule has 1 amide bonds. The second-order valence-corrected chi connectivity index (χ2v) is 6.32. The number of hydrogen-bond donors (Lipinski definition) is 1. The molecular weight excluding hydrogens is 400 g/mol. The van der Waals surface area contributed by atoms with E-state index >= 15 is 0 Å². The van der Waals surface area contributed by atoms with Crippen LogP contribution in [0.3, 0.4) is 0 Å². The molecule has 26 heavy (non-hydrogen) atoms. The second kappa shape index (κ2) is 9.10. The molecule has 0 aliphatic carbocycles. The lowest BCUT2D eigenvalue weighted by atomic mass is 10.2. The minimum atomic E-state index is -0.0912. The monoisotopic (exact) mass is 416 g/mol. The van der Waals surface area contributed by atoms with Crippen molar-refractivity contribution in [2.24, 2.45) is 0 Å². The largest absolute Gasteiger partial charge is 0.492 e. The van der Waals surface area contributed by atoms with Gasteiger partial charge in [-0.05, 0) is 30.3 Å². The Bertz CT molecular complexity index is 854. The standard InChI is InChI=1S/C18H17BrN4O3/c19-14-2-1-3-15(12-14)25-11-10-21-16(24)4-5-17-22-18(23-26-17)13-6-8-20-9-7-13/h1-3,6-9,12H,4-5,10-11H2,(H,21,24). The topological polar surface area (TPSA) is 90.1 Å². The molecule has 1 N–H and O–H groups in total. The normalized spacial score (nSPS) is 10.5. The quantitative estimate of drug-likeness (QED) is 0.567. The number of ether oxygens (including phenoxy) is 1. The summed E-state index contributed by atoms with van der Waals surface area (Å²) >= 11 is 3.38. The van der Waals surface area contributed by atoms with Gasteiger partial charge in [0, 0.05) is 35.3 Å². The van der Waals surface area contributed by atoms with Crippen molar-refractivity contribution in [1.82, 2.24) is 20.4 Å². The minimum absolute atomic E-state index is 0.0912. The summed E-state index contributed by atoms with van der Waals surface area (Å²) in [5.41, 5.74) is 0.823. The number of amides is 1. The molecule has 0 radical (unpaired) electrons. The summed E-state index contributed by atoms with van der Waals surface area (Å²) in [5.74, 6) is 1.58. The third-order valence-corrected chi connectivity index (χ3v) is 3.95. The van der Waals surface area contributed by atoms with Crippen LogP contribution in [-0.2, 0) is 11.2 Å². The number of halogens is 1. The van der Waals surface area contributed by atoms with Crippen LogP contribution in [0.1, 0.15) is 12.3 Å². The highest BCUT2D eigenvalue weighted by Gasteiger charge is 2.10. The maximum Gasteiger partial charge on any atom is 0.227 e. The Kier molecular flexibility index (Phi) is 6.32. The highest BCUT2D eigenvalue weighted by Crippen LogP contribution is 2.17. The molecule has 0 aliphatic heterocycles. The average molecular weight is 417 g/mol. The molecule has 0 unspecified atom stereocenters. The number of nitrogens with zero attached hydrogens (tertiary/aromatic N) is 3. The molecule has 2 aromatic heterocycles. The number of hydrogen-bond acceptors (Lipinski definition) is 6. The van der Waals surface area contributed by atoms with Gasteiger partial charge in [0.15, 0.2) is 0 Å². The summed E-state index contributed by atoms with van der Waals surface area (Å²) < 4.78 is 11.7. The van der Waals surface area contributed by atoms with Crippen LogP contribution in [0.5, 0.6) is 5.75 Å². The van der Waals surface area contributed by atoms with E-state index in [-0.39, 0.29) is 12.3 Å². The third kappa shape index (κ3) is 5.38. The van der Waals surface area contributed by atoms with E-state index in [1.165, 1.54) is 0 Å². The SMILES string of the molecule is O=C(CCc1nc(-c2ccncc2)no1)NCCOc1cccc(Br)c1. The molecule has 0 fully saturated rings. The van der Waals surface area contributed by atoms with Gasteiger partial charge in [0.1, 0.15) is 12.4 Å². The number of nitrogens with one attached hydrogen (secondary N) is 1. The van der Waals surface area contributed by atoms with Gasteiger partial charge >= 0.3 is 0 Å². The van der Waals surface area contributed by atoms with E-state index in [1.807, 2.05) is 24.3 Å². The first kappa shape index (κ1) is 18.1. The smallest absolute Gasteiger partial charge is 0.227 e. The Labute approximate surface area is 158 Å². The number of carbonyl (C=O) groups excluding carboxylic acids is 1.